The predicted molar refractivity (Wildman–Crippen MR) is 46.8 cm³/mol. The number of fused-ring (bicyclic) bond motifs is 1. The smallest absolute Gasteiger partial charge is 0.00747 e. The molecule has 0 saturated heterocycles. The van der Waals surface area contributed by atoms with Crippen molar-refractivity contribution in [1.82, 2.24) is 0 Å². The van der Waals surface area contributed by atoms with Crippen molar-refractivity contribution >= 4 is 0 Å². The minimum absolute atomic E-state index is 0.530. The molecular weight excluding hydrogens is 134 g/mol. The standard InChI is InChI=1S/C10H17N/c1-6-8-4-7(5-9(6)11)10(8,2)3/h5-8H,4,11H2,1-3H3/t6-,7-,8+/m1/s1. The van der Waals surface area contributed by atoms with Gasteiger partial charge in [0.25, 0.3) is 0 Å². The molecule has 3 aliphatic carbocycles. The molecule has 2 bridgehead atoms. The Kier molecular flexibility index (Phi) is 1.19. The van der Waals surface area contributed by atoms with Crippen molar-refractivity contribution in [3.63, 3.8) is 0 Å². The van der Waals surface area contributed by atoms with Crippen molar-refractivity contribution < 1.29 is 0 Å². The van der Waals surface area contributed by atoms with Crippen molar-refractivity contribution in [2.45, 2.75) is 27.2 Å². The lowest BCUT2D eigenvalue weighted by molar-refractivity contribution is -0.0315. The molecule has 0 spiro atoms. The Morgan fingerprint density at radius 3 is 2.55 bits per heavy atom. The van der Waals surface area contributed by atoms with Gasteiger partial charge in [-0.05, 0) is 29.6 Å². The van der Waals surface area contributed by atoms with E-state index in [1.54, 1.807) is 0 Å². The van der Waals surface area contributed by atoms with Crippen LogP contribution in [0.1, 0.15) is 27.2 Å². The summed E-state index contributed by atoms with van der Waals surface area (Å²) in [6.07, 6.45) is 3.65. The molecule has 0 radical (unpaired) electrons. The fourth-order valence-corrected chi connectivity index (χ4v) is 2.74. The Morgan fingerprint density at radius 2 is 2.18 bits per heavy atom. The van der Waals surface area contributed by atoms with Crippen LogP contribution in [0.4, 0.5) is 0 Å². The van der Waals surface area contributed by atoms with Gasteiger partial charge in [0, 0.05) is 5.70 Å². The van der Waals surface area contributed by atoms with Crippen LogP contribution in [0.15, 0.2) is 11.8 Å². The molecule has 11 heavy (non-hydrogen) atoms. The summed E-state index contributed by atoms with van der Waals surface area (Å²) >= 11 is 0. The van der Waals surface area contributed by atoms with Crippen molar-refractivity contribution in [2.24, 2.45) is 28.9 Å². The van der Waals surface area contributed by atoms with Crippen LogP contribution in [0.5, 0.6) is 0 Å². The Balaban J connectivity index is 2.32. The molecule has 62 valence electrons. The first-order valence-corrected chi connectivity index (χ1v) is 4.50. The maximum atomic E-state index is 5.88. The molecule has 1 fully saturated rings. The maximum Gasteiger partial charge on any atom is 0.00747 e. The summed E-state index contributed by atoms with van der Waals surface area (Å²) in [5, 5.41) is 0. The van der Waals surface area contributed by atoms with Crippen LogP contribution < -0.4 is 5.73 Å². The van der Waals surface area contributed by atoms with E-state index < -0.39 is 0 Å². The first kappa shape index (κ1) is 7.20. The lowest BCUT2D eigenvalue weighted by Gasteiger charge is -2.57. The second-order valence-electron chi connectivity index (χ2n) is 4.73. The molecule has 0 unspecified atom stereocenters. The zero-order valence-corrected chi connectivity index (χ0v) is 7.59. The number of rotatable bonds is 0. The zero-order chi connectivity index (χ0) is 8.22. The van der Waals surface area contributed by atoms with Crippen molar-refractivity contribution in [2.75, 3.05) is 0 Å². The summed E-state index contributed by atoms with van der Waals surface area (Å²) in [5.74, 6) is 2.23. The third-order valence-electron chi connectivity index (χ3n) is 3.94. The Bertz CT molecular complexity index is 215. The SMILES string of the molecule is C[C@H]1C(N)=C[C@H]2C[C@@H]1C2(C)C. The van der Waals surface area contributed by atoms with E-state index >= 15 is 0 Å². The molecule has 3 atom stereocenters. The van der Waals surface area contributed by atoms with Gasteiger partial charge in [0.2, 0.25) is 0 Å². The Hall–Kier alpha value is -0.460. The molecule has 0 aromatic rings. The molecule has 3 aliphatic rings. The maximum absolute atomic E-state index is 5.88. The van der Waals surface area contributed by atoms with Crippen molar-refractivity contribution in [3.05, 3.63) is 11.8 Å². The Labute approximate surface area is 68.7 Å². The van der Waals surface area contributed by atoms with Crippen molar-refractivity contribution in [3.8, 4) is 0 Å². The highest BCUT2D eigenvalue weighted by Gasteiger charge is 2.52. The summed E-state index contributed by atoms with van der Waals surface area (Å²) < 4.78 is 0. The van der Waals surface area contributed by atoms with Gasteiger partial charge in [-0.1, -0.05) is 26.8 Å². The van der Waals surface area contributed by atoms with Crippen LogP contribution in [0, 0.1) is 23.2 Å². The molecule has 1 heteroatoms. The van der Waals surface area contributed by atoms with Gasteiger partial charge in [-0.3, -0.25) is 0 Å². The highest BCUT2D eigenvalue weighted by atomic mass is 14.7. The first-order chi connectivity index (χ1) is 5.03. The van der Waals surface area contributed by atoms with E-state index in [-0.39, 0.29) is 0 Å². The molecule has 0 amide bonds. The lowest BCUT2D eigenvalue weighted by atomic mass is 9.48. The summed E-state index contributed by atoms with van der Waals surface area (Å²) in [5.41, 5.74) is 7.54. The third-order valence-corrected chi connectivity index (χ3v) is 3.94. The van der Waals surface area contributed by atoms with Crippen LogP contribution >= 0.6 is 0 Å². The van der Waals surface area contributed by atoms with Gasteiger partial charge < -0.3 is 5.73 Å². The van der Waals surface area contributed by atoms with E-state index in [9.17, 15) is 0 Å². The second-order valence-corrected chi connectivity index (χ2v) is 4.73. The topological polar surface area (TPSA) is 26.0 Å². The monoisotopic (exact) mass is 151 g/mol. The number of hydrogen-bond donors (Lipinski definition) is 1. The van der Waals surface area contributed by atoms with Crippen molar-refractivity contribution in [1.29, 1.82) is 0 Å². The van der Waals surface area contributed by atoms with E-state index in [2.05, 4.69) is 26.8 Å². The van der Waals surface area contributed by atoms with E-state index in [0.29, 0.717) is 11.3 Å². The molecular formula is C10H17N. The zero-order valence-electron chi connectivity index (χ0n) is 7.59. The fourth-order valence-electron chi connectivity index (χ4n) is 2.74. The van der Waals surface area contributed by atoms with Gasteiger partial charge in [-0.15, -0.1) is 0 Å². The molecule has 0 heterocycles. The quantitative estimate of drug-likeness (QED) is 0.564. The molecule has 0 aliphatic heterocycles. The lowest BCUT2D eigenvalue weighted by Crippen LogP contribution is -2.51. The van der Waals surface area contributed by atoms with Gasteiger partial charge in [-0.25, -0.2) is 0 Å². The largest absolute Gasteiger partial charge is 0.402 e. The average molecular weight is 151 g/mol. The number of allylic oxidation sites excluding steroid dienone is 2. The minimum Gasteiger partial charge on any atom is -0.402 e. The summed E-state index contributed by atoms with van der Waals surface area (Å²) in [7, 11) is 0. The summed E-state index contributed by atoms with van der Waals surface area (Å²) in [4.78, 5) is 0. The molecule has 3 rings (SSSR count). The summed E-state index contributed by atoms with van der Waals surface area (Å²) in [6, 6.07) is 0. The number of nitrogens with two attached hydrogens (primary N) is 1. The van der Waals surface area contributed by atoms with Crippen LogP contribution in [0.3, 0.4) is 0 Å². The van der Waals surface area contributed by atoms with Crippen LogP contribution in [-0.4, -0.2) is 0 Å². The summed E-state index contributed by atoms with van der Waals surface area (Å²) in [6.45, 7) is 6.99. The van der Waals surface area contributed by atoms with Crippen LogP contribution in [0.2, 0.25) is 0 Å². The molecule has 0 aromatic carbocycles. The van der Waals surface area contributed by atoms with E-state index in [0.717, 1.165) is 17.5 Å². The molecule has 1 nitrogen and oxygen atoms in total. The first-order valence-electron chi connectivity index (χ1n) is 4.50. The highest BCUT2D eigenvalue weighted by molar-refractivity contribution is 5.21. The molecule has 2 N–H and O–H groups in total. The van der Waals surface area contributed by atoms with Gasteiger partial charge >= 0.3 is 0 Å². The minimum atomic E-state index is 0.530. The second kappa shape index (κ2) is 1.82. The van der Waals surface area contributed by atoms with E-state index in [4.69, 9.17) is 5.73 Å². The van der Waals surface area contributed by atoms with E-state index in [1.165, 1.54) is 6.42 Å². The third kappa shape index (κ3) is 0.715. The van der Waals surface area contributed by atoms with Gasteiger partial charge in [0.05, 0.1) is 0 Å². The predicted octanol–water partition coefficient (Wildman–Crippen LogP) is 2.14. The number of hydrogen-bond acceptors (Lipinski definition) is 1. The Morgan fingerprint density at radius 1 is 1.55 bits per heavy atom. The van der Waals surface area contributed by atoms with Gasteiger partial charge in [-0.2, -0.15) is 0 Å². The molecule has 1 saturated carbocycles. The van der Waals surface area contributed by atoms with Gasteiger partial charge in [0.1, 0.15) is 0 Å². The fraction of sp³-hybridized carbons (Fsp3) is 0.800. The van der Waals surface area contributed by atoms with Crippen LogP contribution in [0.25, 0.3) is 0 Å². The van der Waals surface area contributed by atoms with E-state index in [1.807, 2.05) is 0 Å². The highest BCUT2D eigenvalue weighted by Crippen LogP contribution is 2.59. The molecule has 0 aromatic heterocycles. The van der Waals surface area contributed by atoms with Crippen LogP contribution in [-0.2, 0) is 0 Å². The normalized spacial score (nSPS) is 46.1. The average Bonchev–Trinajstić information content (AvgIpc) is 1.93. The van der Waals surface area contributed by atoms with Gasteiger partial charge in [0.15, 0.2) is 0 Å².